The molecule has 0 aromatic carbocycles. The Labute approximate surface area is 127 Å². The van der Waals surface area contributed by atoms with E-state index < -0.39 is 17.7 Å². The molecule has 1 radical (unpaired) electrons. The monoisotopic (exact) mass is 352 g/mol. The van der Waals surface area contributed by atoms with E-state index >= 15 is 0 Å². The van der Waals surface area contributed by atoms with Gasteiger partial charge in [-0.3, -0.25) is 0 Å². The molecule has 0 aromatic heterocycles. The fraction of sp³-hybridized carbons (Fsp3) is 0.750. The Morgan fingerprint density at radius 1 is 1.35 bits per heavy atom. The second kappa shape index (κ2) is 8.81. The standard InChI is InChI=1S/C12H22N3O4Se/c1-8(15-11(17)19-12(2,3)4)6-13-10(20)14-7-9(16)18-5/h8H,6-7H2,1-5H3,(H,13,14)(H,15,17). The average Bonchev–Trinajstić information content (AvgIpc) is 2.30. The molecule has 0 bridgehead atoms. The molecule has 7 nitrogen and oxygen atoms in total. The van der Waals surface area contributed by atoms with Gasteiger partial charge in [0.05, 0.1) is 0 Å². The number of hydrogen-bond acceptors (Lipinski definition) is 5. The van der Waals surface area contributed by atoms with Crippen molar-refractivity contribution < 1.29 is 19.1 Å². The number of nitrogens with zero attached hydrogens (tertiary/aromatic N) is 1. The third kappa shape index (κ3) is 10.6. The normalized spacial score (nSPS) is 13.3. The summed E-state index contributed by atoms with van der Waals surface area (Å²) in [5.41, 5.74) is -0.525. The molecule has 0 aromatic rings. The van der Waals surface area contributed by atoms with Gasteiger partial charge in [0.15, 0.2) is 0 Å². The molecule has 0 heterocycles. The van der Waals surface area contributed by atoms with E-state index in [1.54, 1.807) is 20.8 Å². The number of rotatable bonds is 5. The van der Waals surface area contributed by atoms with Gasteiger partial charge in [-0.15, -0.1) is 0 Å². The van der Waals surface area contributed by atoms with E-state index in [-0.39, 0.29) is 12.6 Å². The molecule has 0 spiro atoms. The number of alkyl carbamates (subject to hydrolysis) is 1. The number of amides is 1. The number of carbonyl (C=O) groups excluding carboxylic acids is 2. The van der Waals surface area contributed by atoms with Gasteiger partial charge in [0, 0.05) is 0 Å². The summed E-state index contributed by atoms with van der Waals surface area (Å²) in [6, 6.07) is -0.151. The molecular formula is C12H22N3O4Se. The SMILES string of the molecule is COC(=O)CN=C([Se])NCC(C)NC(=O)OC(C)(C)C. The van der Waals surface area contributed by atoms with Gasteiger partial charge in [-0.2, -0.15) is 0 Å². The molecule has 0 saturated heterocycles. The van der Waals surface area contributed by atoms with Crippen molar-refractivity contribution in [2.24, 2.45) is 4.99 Å². The first-order valence-corrected chi connectivity index (χ1v) is 7.01. The van der Waals surface area contributed by atoms with Crippen molar-refractivity contribution >= 4 is 32.8 Å². The van der Waals surface area contributed by atoms with Crippen LogP contribution in [0.2, 0.25) is 0 Å². The van der Waals surface area contributed by atoms with Crippen molar-refractivity contribution in [1.82, 2.24) is 10.6 Å². The Balaban J connectivity index is 4.01. The summed E-state index contributed by atoms with van der Waals surface area (Å²) >= 11 is 2.69. The molecule has 0 aliphatic rings. The Kier molecular flexibility index (Phi) is 8.25. The number of nitrogens with one attached hydrogen (secondary N) is 2. The quantitative estimate of drug-likeness (QED) is 0.319. The van der Waals surface area contributed by atoms with Crippen LogP contribution in [-0.4, -0.2) is 64.7 Å². The van der Waals surface area contributed by atoms with Crippen LogP contribution < -0.4 is 10.6 Å². The molecule has 0 saturated carbocycles. The number of esters is 1. The Morgan fingerprint density at radius 3 is 2.45 bits per heavy atom. The predicted molar refractivity (Wildman–Crippen MR) is 76.9 cm³/mol. The topological polar surface area (TPSA) is 89.0 Å². The minimum atomic E-state index is -0.525. The molecule has 0 rings (SSSR count). The predicted octanol–water partition coefficient (Wildman–Crippen LogP) is 0.187. The van der Waals surface area contributed by atoms with Gasteiger partial charge in [-0.25, -0.2) is 0 Å². The van der Waals surface area contributed by atoms with Crippen molar-refractivity contribution in [3.63, 3.8) is 0 Å². The van der Waals surface area contributed by atoms with E-state index in [1.807, 2.05) is 6.92 Å². The second-order valence-electron chi connectivity index (χ2n) is 5.13. The molecule has 20 heavy (non-hydrogen) atoms. The zero-order chi connectivity index (χ0) is 15.8. The summed E-state index contributed by atoms with van der Waals surface area (Å²) in [5.74, 6) is -0.417. The number of amidine groups is 1. The summed E-state index contributed by atoms with van der Waals surface area (Å²) in [4.78, 5) is 26.3. The van der Waals surface area contributed by atoms with E-state index in [2.05, 4.69) is 36.4 Å². The molecule has 115 valence electrons. The maximum atomic E-state index is 11.5. The summed E-state index contributed by atoms with van der Waals surface area (Å²) in [5, 5.41) is 5.63. The van der Waals surface area contributed by atoms with Crippen LogP contribution in [0.1, 0.15) is 27.7 Å². The molecular weight excluding hydrogens is 329 g/mol. The van der Waals surface area contributed by atoms with Gasteiger partial charge in [-0.05, 0) is 0 Å². The first-order valence-electron chi connectivity index (χ1n) is 6.15. The van der Waals surface area contributed by atoms with Crippen molar-refractivity contribution in [3.8, 4) is 0 Å². The van der Waals surface area contributed by atoms with Gasteiger partial charge in [0.2, 0.25) is 0 Å². The molecule has 1 atom stereocenters. The van der Waals surface area contributed by atoms with Crippen LogP contribution in [0.4, 0.5) is 4.79 Å². The van der Waals surface area contributed by atoms with Crippen LogP contribution in [0.15, 0.2) is 4.99 Å². The van der Waals surface area contributed by atoms with E-state index in [4.69, 9.17) is 4.74 Å². The van der Waals surface area contributed by atoms with Crippen LogP contribution in [0.25, 0.3) is 0 Å². The van der Waals surface area contributed by atoms with Gasteiger partial charge < -0.3 is 0 Å². The number of ether oxygens (including phenoxy) is 2. The molecule has 8 heteroatoms. The van der Waals surface area contributed by atoms with E-state index in [0.717, 1.165) is 0 Å². The van der Waals surface area contributed by atoms with Crippen LogP contribution in [0, 0.1) is 0 Å². The third-order valence-corrected chi connectivity index (χ3v) is 2.48. The zero-order valence-corrected chi connectivity index (χ0v) is 14.2. The van der Waals surface area contributed by atoms with Crippen LogP contribution >= 0.6 is 0 Å². The Hall–Kier alpha value is -1.27. The van der Waals surface area contributed by atoms with Crippen LogP contribution in [-0.2, 0) is 14.3 Å². The van der Waals surface area contributed by atoms with Crippen molar-refractivity contribution in [2.75, 3.05) is 20.2 Å². The number of methoxy groups -OCH3 is 1. The summed E-state index contributed by atoms with van der Waals surface area (Å²) in [7, 11) is 1.30. The molecule has 1 amide bonds. The van der Waals surface area contributed by atoms with Gasteiger partial charge in [0.1, 0.15) is 0 Å². The average molecular weight is 351 g/mol. The Morgan fingerprint density at radius 2 is 1.95 bits per heavy atom. The van der Waals surface area contributed by atoms with Crippen LogP contribution in [0.3, 0.4) is 0 Å². The molecule has 0 fully saturated rings. The first-order chi connectivity index (χ1) is 9.14. The van der Waals surface area contributed by atoms with Gasteiger partial charge in [0.25, 0.3) is 0 Å². The number of carbonyl (C=O) groups is 2. The summed E-state index contributed by atoms with van der Waals surface area (Å²) in [6.07, 6.45) is -0.472. The summed E-state index contributed by atoms with van der Waals surface area (Å²) in [6.45, 7) is 7.62. The molecule has 1 unspecified atom stereocenters. The number of aliphatic imine (C=N–C) groups is 1. The fourth-order valence-electron chi connectivity index (χ4n) is 1.06. The fourth-order valence-corrected chi connectivity index (χ4v) is 1.37. The van der Waals surface area contributed by atoms with Crippen molar-refractivity contribution in [1.29, 1.82) is 0 Å². The van der Waals surface area contributed by atoms with Gasteiger partial charge in [-0.1, -0.05) is 0 Å². The first kappa shape index (κ1) is 18.7. The minimum absolute atomic E-state index is 0.0558. The molecule has 2 N–H and O–H groups in total. The molecule has 0 aliphatic carbocycles. The third-order valence-electron chi connectivity index (χ3n) is 1.90. The van der Waals surface area contributed by atoms with E-state index in [9.17, 15) is 9.59 Å². The van der Waals surface area contributed by atoms with E-state index in [0.29, 0.717) is 11.3 Å². The maximum absolute atomic E-state index is 11.5. The second-order valence-corrected chi connectivity index (χ2v) is 5.94. The summed E-state index contributed by atoms with van der Waals surface area (Å²) < 4.78 is 10.1. The number of hydrogen-bond donors (Lipinski definition) is 2. The van der Waals surface area contributed by atoms with Crippen LogP contribution in [0.5, 0.6) is 0 Å². The Bertz CT molecular complexity index is 366. The van der Waals surface area contributed by atoms with E-state index in [1.165, 1.54) is 7.11 Å². The van der Waals surface area contributed by atoms with Gasteiger partial charge >= 0.3 is 127 Å². The van der Waals surface area contributed by atoms with Crippen molar-refractivity contribution in [2.45, 2.75) is 39.3 Å². The van der Waals surface area contributed by atoms with Crippen molar-refractivity contribution in [3.05, 3.63) is 0 Å². The molecule has 0 aliphatic heterocycles. The zero-order valence-electron chi connectivity index (χ0n) is 12.5.